The highest BCUT2D eigenvalue weighted by atomic mass is 19.1. The minimum Gasteiger partial charge on any atom is -0.244 e. The Morgan fingerprint density at radius 2 is 2.07 bits per heavy atom. The van der Waals surface area contributed by atoms with Crippen LogP contribution in [0.3, 0.4) is 0 Å². The van der Waals surface area contributed by atoms with Crippen molar-refractivity contribution in [1.29, 1.82) is 0 Å². The van der Waals surface area contributed by atoms with Crippen LogP contribution in [0.1, 0.15) is 25.0 Å². The van der Waals surface area contributed by atoms with Gasteiger partial charge in [0.15, 0.2) is 0 Å². The number of hydrogen-bond donors (Lipinski definition) is 0. The van der Waals surface area contributed by atoms with E-state index >= 15 is 0 Å². The third kappa shape index (κ3) is 4.52. The number of alkyl halides is 1. The average molecular weight is 207 g/mol. The monoisotopic (exact) mass is 207 g/mol. The van der Waals surface area contributed by atoms with Crippen LogP contribution in [-0.2, 0) is 17.8 Å². The third-order valence-corrected chi connectivity index (χ3v) is 1.94. The van der Waals surface area contributed by atoms with Crippen LogP contribution in [0, 0.1) is 0 Å². The molecule has 0 heterocycles. The summed E-state index contributed by atoms with van der Waals surface area (Å²) in [5.74, 6) is 0. The third-order valence-electron chi connectivity index (χ3n) is 1.94. The van der Waals surface area contributed by atoms with E-state index in [4.69, 9.17) is 0 Å². The molecule has 1 rings (SSSR count). The van der Waals surface area contributed by atoms with Gasteiger partial charge in [-0.1, -0.05) is 24.3 Å². The summed E-state index contributed by atoms with van der Waals surface area (Å²) in [4.78, 5) is 13.4. The van der Waals surface area contributed by atoms with E-state index in [2.05, 4.69) is 4.99 Å². The van der Waals surface area contributed by atoms with Gasteiger partial charge in [0.05, 0.1) is 6.54 Å². The van der Waals surface area contributed by atoms with Crippen molar-refractivity contribution in [1.82, 2.24) is 0 Å². The molecule has 0 saturated heterocycles. The van der Waals surface area contributed by atoms with Crippen molar-refractivity contribution in [3.05, 3.63) is 35.4 Å². The molecule has 0 aliphatic rings. The van der Waals surface area contributed by atoms with Crippen molar-refractivity contribution in [2.24, 2.45) is 4.99 Å². The van der Waals surface area contributed by atoms with E-state index in [-0.39, 0.29) is 0 Å². The summed E-state index contributed by atoms with van der Waals surface area (Å²) >= 11 is 0. The van der Waals surface area contributed by atoms with Gasteiger partial charge in [-0.2, -0.15) is 0 Å². The number of carbonyl (C=O) groups excluding carboxylic acids is 1. The molecule has 0 aromatic heterocycles. The first kappa shape index (κ1) is 11.6. The van der Waals surface area contributed by atoms with Crippen molar-refractivity contribution < 1.29 is 9.18 Å². The molecule has 0 amide bonds. The summed E-state index contributed by atoms with van der Waals surface area (Å²) in [6.07, 6.45) is 1.85. The van der Waals surface area contributed by atoms with E-state index in [1.165, 1.54) is 6.08 Å². The predicted molar refractivity (Wildman–Crippen MR) is 57.2 cm³/mol. The van der Waals surface area contributed by atoms with Crippen LogP contribution >= 0.6 is 0 Å². The first-order valence-corrected chi connectivity index (χ1v) is 4.81. The van der Waals surface area contributed by atoms with Crippen molar-refractivity contribution >= 4 is 6.08 Å². The standard InChI is InChI=1S/C12H14FNO/c1-12(2,13)7-10-4-3-5-11(6-10)8-14-9-15/h3-6H,7-8H2,1-2H3. The van der Waals surface area contributed by atoms with Crippen molar-refractivity contribution in [2.75, 3.05) is 0 Å². The second kappa shape index (κ2) is 4.85. The van der Waals surface area contributed by atoms with Crippen molar-refractivity contribution in [3.63, 3.8) is 0 Å². The fourth-order valence-electron chi connectivity index (χ4n) is 1.45. The summed E-state index contributed by atoms with van der Waals surface area (Å²) < 4.78 is 13.4. The SMILES string of the molecule is CC(C)(F)Cc1cccc(CN=C=O)c1. The molecule has 80 valence electrons. The Balaban J connectivity index is 2.78. The fourth-order valence-corrected chi connectivity index (χ4v) is 1.45. The second-order valence-electron chi connectivity index (χ2n) is 4.12. The van der Waals surface area contributed by atoms with Gasteiger partial charge in [-0.05, 0) is 25.0 Å². The van der Waals surface area contributed by atoms with Gasteiger partial charge in [-0.3, -0.25) is 0 Å². The largest absolute Gasteiger partial charge is 0.244 e. The molecule has 3 heteroatoms. The maximum atomic E-state index is 13.4. The number of isocyanates is 1. The number of hydrogen-bond acceptors (Lipinski definition) is 2. The van der Waals surface area contributed by atoms with Gasteiger partial charge in [-0.15, -0.1) is 0 Å². The minimum atomic E-state index is -1.22. The molecular formula is C12H14FNO. The van der Waals surface area contributed by atoms with Crippen LogP contribution < -0.4 is 0 Å². The van der Waals surface area contributed by atoms with E-state index in [0.29, 0.717) is 13.0 Å². The van der Waals surface area contributed by atoms with Gasteiger partial charge in [-0.25, -0.2) is 14.2 Å². The Hall–Kier alpha value is -1.47. The first-order valence-electron chi connectivity index (χ1n) is 4.81. The van der Waals surface area contributed by atoms with Crippen LogP contribution in [0.25, 0.3) is 0 Å². The van der Waals surface area contributed by atoms with Crippen LogP contribution in [0.2, 0.25) is 0 Å². The van der Waals surface area contributed by atoms with Gasteiger partial charge in [0.1, 0.15) is 5.67 Å². The van der Waals surface area contributed by atoms with E-state index in [1.807, 2.05) is 24.3 Å². The maximum Gasteiger partial charge on any atom is 0.235 e. The maximum absolute atomic E-state index is 13.4. The zero-order valence-corrected chi connectivity index (χ0v) is 8.96. The molecule has 0 saturated carbocycles. The number of benzene rings is 1. The van der Waals surface area contributed by atoms with Crippen LogP contribution in [0.5, 0.6) is 0 Å². The van der Waals surface area contributed by atoms with E-state index in [1.54, 1.807) is 13.8 Å². The summed E-state index contributed by atoms with van der Waals surface area (Å²) in [5.41, 5.74) is 0.605. The molecule has 0 N–H and O–H groups in total. The van der Waals surface area contributed by atoms with Gasteiger partial charge < -0.3 is 0 Å². The van der Waals surface area contributed by atoms with Gasteiger partial charge in [0.25, 0.3) is 0 Å². The topological polar surface area (TPSA) is 29.4 Å². The highest BCUT2D eigenvalue weighted by molar-refractivity contribution is 5.34. The zero-order valence-electron chi connectivity index (χ0n) is 8.96. The van der Waals surface area contributed by atoms with Crippen molar-refractivity contribution in [3.8, 4) is 0 Å². The molecule has 0 aliphatic carbocycles. The van der Waals surface area contributed by atoms with Crippen molar-refractivity contribution in [2.45, 2.75) is 32.5 Å². The lowest BCUT2D eigenvalue weighted by Gasteiger charge is -2.14. The number of nitrogens with zero attached hydrogens (tertiary/aromatic N) is 1. The van der Waals surface area contributed by atoms with Crippen LogP contribution in [0.4, 0.5) is 4.39 Å². The first-order chi connectivity index (χ1) is 7.01. The number of rotatable bonds is 4. The number of halogens is 1. The van der Waals surface area contributed by atoms with Gasteiger partial charge in [0.2, 0.25) is 6.08 Å². The molecule has 0 bridgehead atoms. The molecule has 0 spiro atoms. The zero-order chi connectivity index (χ0) is 11.3. The lowest BCUT2D eigenvalue weighted by molar-refractivity contribution is 0.217. The quantitative estimate of drug-likeness (QED) is 0.551. The van der Waals surface area contributed by atoms with Gasteiger partial charge in [0, 0.05) is 6.42 Å². The highest BCUT2D eigenvalue weighted by Gasteiger charge is 2.15. The lowest BCUT2D eigenvalue weighted by Crippen LogP contribution is -2.15. The summed E-state index contributed by atoms with van der Waals surface area (Å²) in [6.45, 7) is 3.40. The molecule has 1 aromatic rings. The predicted octanol–water partition coefficient (Wildman–Crippen LogP) is 2.81. The molecule has 0 aliphatic heterocycles. The molecule has 0 unspecified atom stereocenters. The Morgan fingerprint density at radius 1 is 1.40 bits per heavy atom. The van der Waals surface area contributed by atoms with Gasteiger partial charge >= 0.3 is 0 Å². The molecule has 15 heavy (non-hydrogen) atoms. The highest BCUT2D eigenvalue weighted by Crippen LogP contribution is 2.17. The van der Waals surface area contributed by atoms with E-state index in [0.717, 1.165) is 11.1 Å². The van der Waals surface area contributed by atoms with E-state index in [9.17, 15) is 9.18 Å². The second-order valence-corrected chi connectivity index (χ2v) is 4.12. The summed E-state index contributed by atoms with van der Waals surface area (Å²) in [6, 6.07) is 7.43. The Labute approximate surface area is 88.8 Å². The smallest absolute Gasteiger partial charge is 0.235 e. The molecule has 0 fully saturated rings. The Bertz CT molecular complexity index is 375. The summed E-state index contributed by atoms with van der Waals surface area (Å²) in [5, 5.41) is 0. The molecule has 2 nitrogen and oxygen atoms in total. The molecule has 0 atom stereocenters. The van der Waals surface area contributed by atoms with E-state index < -0.39 is 5.67 Å². The molecular weight excluding hydrogens is 193 g/mol. The van der Waals surface area contributed by atoms with Crippen LogP contribution in [0.15, 0.2) is 29.3 Å². The fraction of sp³-hybridized carbons (Fsp3) is 0.417. The minimum absolute atomic E-state index is 0.310. The summed E-state index contributed by atoms with van der Waals surface area (Å²) in [7, 11) is 0. The average Bonchev–Trinajstić information content (AvgIpc) is 2.12. The normalized spacial score (nSPS) is 10.9. The Kier molecular flexibility index (Phi) is 3.75. The van der Waals surface area contributed by atoms with Crippen LogP contribution in [-0.4, -0.2) is 11.7 Å². The number of aliphatic imine (C=N–C) groups is 1. The molecule has 1 aromatic carbocycles. The Morgan fingerprint density at radius 3 is 2.67 bits per heavy atom. The molecule has 0 radical (unpaired) electrons. The lowest BCUT2D eigenvalue weighted by atomic mass is 9.99.